The molecule has 0 spiro atoms. The van der Waals surface area contributed by atoms with E-state index in [0.29, 0.717) is 12.8 Å². The zero-order valence-corrected chi connectivity index (χ0v) is 15.8. The van der Waals surface area contributed by atoms with E-state index in [4.69, 9.17) is 4.74 Å². The van der Waals surface area contributed by atoms with Crippen molar-refractivity contribution >= 4 is 18.0 Å². The van der Waals surface area contributed by atoms with Crippen molar-refractivity contribution in [2.24, 2.45) is 11.8 Å². The van der Waals surface area contributed by atoms with Crippen molar-refractivity contribution in [3.63, 3.8) is 0 Å². The molecule has 7 heteroatoms. The number of carbonyl (C=O) groups excluding carboxylic acids is 2. The Kier molecular flexibility index (Phi) is 8.78. The first-order valence-electron chi connectivity index (χ1n) is 8.34. The van der Waals surface area contributed by atoms with Gasteiger partial charge < -0.3 is 20.5 Å². The number of carboxylic acid groups (broad SMARTS) is 1. The van der Waals surface area contributed by atoms with Gasteiger partial charge in [0.2, 0.25) is 5.91 Å². The molecule has 0 fully saturated rings. The lowest BCUT2D eigenvalue weighted by Crippen LogP contribution is -2.53. The number of hydrogen-bond donors (Lipinski definition) is 3. The van der Waals surface area contributed by atoms with Crippen molar-refractivity contribution in [2.45, 2.75) is 79.0 Å². The molecule has 2 amide bonds. The molecule has 0 rings (SSSR count). The van der Waals surface area contributed by atoms with E-state index < -0.39 is 35.7 Å². The number of aliphatic carboxylic acids is 1. The second-order valence-electron chi connectivity index (χ2n) is 7.86. The van der Waals surface area contributed by atoms with E-state index in [2.05, 4.69) is 10.6 Å². The third-order valence-corrected chi connectivity index (χ3v) is 3.04. The molecule has 0 heterocycles. The van der Waals surface area contributed by atoms with Crippen LogP contribution in [0.1, 0.15) is 61.3 Å². The standard InChI is InChI=1S/C17H32N2O5/c1-10(2)8-12(19-16(23)24-17(5,6)7)14(20)18-13(15(21)22)9-11(3)4/h10-13H,8-9H2,1-7H3,(H,18,20)(H,19,23)(H,21,22)/t12-,13+/m0/s1. The first kappa shape index (κ1) is 22.2. The summed E-state index contributed by atoms with van der Waals surface area (Å²) in [6.45, 7) is 12.8. The fourth-order valence-corrected chi connectivity index (χ4v) is 2.12. The molecule has 0 aromatic heterocycles. The fraction of sp³-hybridized carbons (Fsp3) is 0.824. The van der Waals surface area contributed by atoms with Gasteiger partial charge in [0, 0.05) is 0 Å². The Morgan fingerprint density at radius 3 is 1.75 bits per heavy atom. The predicted octanol–water partition coefficient (Wildman–Crippen LogP) is 2.54. The first-order chi connectivity index (χ1) is 10.8. The van der Waals surface area contributed by atoms with Crippen LogP contribution < -0.4 is 10.6 Å². The average Bonchev–Trinajstić information content (AvgIpc) is 2.33. The van der Waals surface area contributed by atoms with E-state index in [9.17, 15) is 19.5 Å². The van der Waals surface area contributed by atoms with Gasteiger partial charge in [0.1, 0.15) is 17.7 Å². The average molecular weight is 344 g/mol. The summed E-state index contributed by atoms with van der Waals surface area (Å²) in [6, 6.07) is -1.82. The SMILES string of the molecule is CC(C)C[C@H](NC(=O)OC(C)(C)C)C(=O)N[C@H](CC(C)C)C(=O)O. The molecule has 0 saturated heterocycles. The highest BCUT2D eigenvalue weighted by Gasteiger charge is 2.29. The van der Waals surface area contributed by atoms with Gasteiger partial charge in [0.15, 0.2) is 0 Å². The van der Waals surface area contributed by atoms with Gasteiger partial charge >= 0.3 is 12.1 Å². The molecule has 0 aliphatic carbocycles. The summed E-state index contributed by atoms with van der Waals surface area (Å²) in [5.41, 5.74) is -0.676. The van der Waals surface area contributed by atoms with Crippen LogP contribution in [0.4, 0.5) is 4.79 Å². The van der Waals surface area contributed by atoms with Crippen molar-refractivity contribution in [3.05, 3.63) is 0 Å². The van der Waals surface area contributed by atoms with Crippen molar-refractivity contribution in [3.8, 4) is 0 Å². The normalized spacial score (nSPS) is 14.2. The van der Waals surface area contributed by atoms with Gasteiger partial charge in [-0.2, -0.15) is 0 Å². The van der Waals surface area contributed by atoms with Gasteiger partial charge in [-0.05, 0) is 45.4 Å². The molecule has 0 aliphatic rings. The van der Waals surface area contributed by atoms with E-state index in [-0.39, 0.29) is 11.8 Å². The molecule has 2 atom stereocenters. The molecule has 0 unspecified atom stereocenters. The van der Waals surface area contributed by atoms with Crippen LogP contribution in [0, 0.1) is 11.8 Å². The van der Waals surface area contributed by atoms with Crippen LogP contribution in [-0.2, 0) is 14.3 Å². The Bertz CT molecular complexity index is 441. The lowest BCUT2D eigenvalue weighted by Gasteiger charge is -2.25. The van der Waals surface area contributed by atoms with Gasteiger partial charge in [-0.3, -0.25) is 4.79 Å². The number of ether oxygens (including phenoxy) is 1. The molecule has 140 valence electrons. The smallest absolute Gasteiger partial charge is 0.408 e. The molecule has 0 radical (unpaired) electrons. The van der Waals surface area contributed by atoms with Crippen LogP contribution in [-0.4, -0.2) is 40.8 Å². The lowest BCUT2D eigenvalue weighted by molar-refractivity contribution is -0.142. The summed E-state index contributed by atoms with van der Waals surface area (Å²) in [6.07, 6.45) is 0.0140. The summed E-state index contributed by atoms with van der Waals surface area (Å²) in [5, 5.41) is 14.3. The Morgan fingerprint density at radius 2 is 1.38 bits per heavy atom. The van der Waals surface area contributed by atoms with Crippen LogP contribution in [0.3, 0.4) is 0 Å². The third-order valence-electron chi connectivity index (χ3n) is 3.04. The van der Waals surface area contributed by atoms with E-state index >= 15 is 0 Å². The summed E-state index contributed by atoms with van der Waals surface area (Å²) < 4.78 is 5.17. The van der Waals surface area contributed by atoms with Gasteiger partial charge in [0.05, 0.1) is 0 Å². The Balaban J connectivity index is 4.98. The zero-order valence-electron chi connectivity index (χ0n) is 15.8. The second-order valence-corrected chi connectivity index (χ2v) is 7.86. The first-order valence-corrected chi connectivity index (χ1v) is 8.34. The number of nitrogens with one attached hydrogen (secondary N) is 2. The van der Waals surface area contributed by atoms with E-state index in [0.717, 1.165) is 0 Å². The quantitative estimate of drug-likeness (QED) is 0.627. The van der Waals surface area contributed by atoms with Crippen LogP contribution in [0.2, 0.25) is 0 Å². The van der Waals surface area contributed by atoms with Gasteiger partial charge in [-0.1, -0.05) is 27.7 Å². The van der Waals surface area contributed by atoms with Crippen LogP contribution in [0.5, 0.6) is 0 Å². The largest absolute Gasteiger partial charge is 0.480 e. The van der Waals surface area contributed by atoms with Crippen molar-refractivity contribution in [2.75, 3.05) is 0 Å². The van der Waals surface area contributed by atoms with E-state index in [1.807, 2.05) is 27.7 Å². The van der Waals surface area contributed by atoms with Gasteiger partial charge in [0.25, 0.3) is 0 Å². The second kappa shape index (κ2) is 9.49. The minimum atomic E-state index is -1.09. The molecular weight excluding hydrogens is 312 g/mol. The van der Waals surface area contributed by atoms with Crippen molar-refractivity contribution in [1.82, 2.24) is 10.6 Å². The maximum Gasteiger partial charge on any atom is 0.408 e. The van der Waals surface area contributed by atoms with E-state index in [1.165, 1.54) is 0 Å². The topological polar surface area (TPSA) is 105 Å². The number of carboxylic acids is 1. The fourth-order valence-electron chi connectivity index (χ4n) is 2.12. The number of carbonyl (C=O) groups is 3. The molecule has 3 N–H and O–H groups in total. The number of rotatable bonds is 8. The molecule has 7 nitrogen and oxygen atoms in total. The Labute approximate surface area is 144 Å². The summed E-state index contributed by atoms with van der Waals surface area (Å²) in [5.74, 6) is -1.34. The molecule has 0 saturated carbocycles. The maximum atomic E-state index is 12.4. The Hall–Kier alpha value is -1.79. The van der Waals surface area contributed by atoms with Crippen molar-refractivity contribution < 1.29 is 24.2 Å². The van der Waals surface area contributed by atoms with Crippen molar-refractivity contribution in [1.29, 1.82) is 0 Å². The zero-order chi connectivity index (χ0) is 19.1. The lowest BCUT2D eigenvalue weighted by atomic mass is 10.0. The number of hydrogen-bond acceptors (Lipinski definition) is 4. The third kappa shape index (κ3) is 10.1. The van der Waals surface area contributed by atoms with Crippen LogP contribution in [0.15, 0.2) is 0 Å². The predicted molar refractivity (Wildman–Crippen MR) is 91.6 cm³/mol. The molecule has 0 aromatic rings. The minimum Gasteiger partial charge on any atom is -0.480 e. The highest BCUT2D eigenvalue weighted by atomic mass is 16.6. The summed E-state index contributed by atoms with van der Waals surface area (Å²) in [7, 11) is 0. The Morgan fingerprint density at radius 1 is 0.917 bits per heavy atom. The van der Waals surface area contributed by atoms with Crippen LogP contribution >= 0.6 is 0 Å². The minimum absolute atomic E-state index is 0.119. The monoisotopic (exact) mass is 344 g/mol. The molecular formula is C17H32N2O5. The maximum absolute atomic E-state index is 12.4. The molecule has 0 bridgehead atoms. The molecule has 24 heavy (non-hydrogen) atoms. The molecule has 0 aromatic carbocycles. The highest BCUT2D eigenvalue weighted by molar-refractivity contribution is 5.89. The van der Waals surface area contributed by atoms with Crippen LogP contribution in [0.25, 0.3) is 0 Å². The number of amides is 2. The summed E-state index contributed by atoms with van der Waals surface area (Å²) in [4.78, 5) is 35.7. The number of alkyl carbamates (subject to hydrolysis) is 1. The van der Waals surface area contributed by atoms with E-state index in [1.54, 1.807) is 20.8 Å². The summed E-state index contributed by atoms with van der Waals surface area (Å²) >= 11 is 0. The highest BCUT2D eigenvalue weighted by Crippen LogP contribution is 2.11. The molecule has 0 aliphatic heterocycles. The van der Waals surface area contributed by atoms with Gasteiger partial charge in [-0.25, -0.2) is 9.59 Å². The van der Waals surface area contributed by atoms with Gasteiger partial charge in [-0.15, -0.1) is 0 Å².